The lowest BCUT2D eigenvalue weighted by atomic mass is 9.80. The number of nitrogens with zero attached hydrogens (tertiary/aromatic N) is 1. The van der Waals surface area contributed by atoms with Crippen LogP contribution in [0.15, 0.2) is 35.9 Å². The molecule has 2 atom stereocenters. The van der Waals surface area contributed by atoms with Crippen molar-refractivity contribution in [2.24, 2.45) is 0 Å². The summed E-state index contributed by atoms with van der Waals surface area (Å²) in [5, 5.41) is 0. The van der Waals surface area contributed by atoms with E-state index in [0.717, 1.165) is 12.2 Å². The van der Waals surface area contributed by atoms with Crippen molar-refractivity contribution in [3.8, 4) is 5.75 Å². The first-order valence-corrected chi connectivity index (χ1v) is 11.7. The van der Waals surface area contributed by atoms with E-state index < -0.39 is 5.60 Å². The summed E-state index contributed by atoms with van der Waals surface area (Å²) in [6.45, 7) is 9.25. The van der Waals surface area contributed by atoms with Gasteiger partial charge in [0, 0.05) is 24.3 Å². The molecule has 0 saturated carbocycles. The Balaban J connectivity index is 1.43. The van der Waals surface area contributed by atoms with Gasteiger partial charge in [0.15, 0.2) is 0 Å². The van der Waals surface area contributed by atoms with Gasteiger partial charge in [0.05, 0.1) is 0 Å². The summed E-state index contributed by atoms with van der Waals surface area (Å²) in [5.41, 5.74) is 11.0. The van der Waals surface area contributed by atoms with E-state index in [1.54, 1.807) is 0 Å². The van der Waals surface area contributed by atoms with Gasteiger partial charge in [0.1, 0.15) is 11.4 Å². The third-order valence-corrected chi connectivity index (χ3v) is 7.63. The molecule has 6 rings (SSSR count). The summed E-state index contributed by atoms with van der Waals surface area (Å²) in [7, 11) is 0. The molecule has 30 heavy (non-hydrogen) atoms. The van der Waals surface area contributed by atoms with E-state index in [9.17, 15) is 0 Å². The minimum atomic E-state index is -0.411. The molecule has 3 heterocycles. The van der Waals surface area contributed by atoms with Crippen LogP contribution in [0.3, 0.4) is 0 Å². The molecule has 2 aromatic rings. The average Bonchev–Trinajstić information content (AvgIpc) is 2.73. The van der Waals surface area contributed by atoms with E-state index in [1.165, 1.54) is 83.4 Å². The summed E-state index contributed by atoms with van der Waals surface area (Å²) in [5.74, 6) is 1.60. The Bertz CT molecular complexity index is 1080. The Morgan fingerprint density at radius 3 is 2.50 bits per heavy atom. The predicted octanol–water partition coefficient (Wildman–Crippen LogP) is 6.62. The minimum absolute atomic E-state index is 0.411. The van der Waals surface area contributed by atoms with Crippen LogP contribution in [0.2, 0.25) is 0 Å². The molecule has 2 nitrogen and oxygen atoms in total. The smallest absolute Gasteiger partial charge is 0.150 e. The number of anilines is 1. The van der Waals surface area contributed by atoms with Crippen LogP contribution in [0.5, 0.6) is 5.75 Å². The van der Waals surface area contributed by atoms with Crippen LogP contribution in [0.25, 0.3) is 12.2 Å². The lowest BCUT2D eigenvalue weighted by Gasteiger charge is -2.39. The molecule has 0 bridgehead atoms. The Morgan fingerprint density at radius 1 is 1.03 bits per heavy atom. The highest BCUT2D eigenvalue weighted by molar-refractivity contribution is 5.77. The summed E-state index contributed by atoms with van der Waals surface area (Å²) >= 11 is 0. The van der Waals surface area contributed by atoms with Crippen molar-refractivity contribution < 1.29 is 4.74 Å². The van der Waals surface area contributed by atoms with E-state index in [4.69, 9.17) is 4.74 Å². The van der Waals surface area contributed by atoms with Gasteiger partial charge < -0.3 is 9.64 Å². The number of hydrogen-bond acceptors (Lipinski definition) is 2. The first-order chi connectivity index (χ1) is 14.5. The van der Waals surface area contributed by atoms with Gasteiger partial charge in [-0.3, -0.25) is 0 Å². The molecular weight excluding hydrogens is 366 g/mol. The summed E-state index contributed by atoms with van der Waals surface area (Å²) < 4.78 is 6.75. The number of ether oxygens (including phenoxy) is 1. The second-order valence-electron chi connectivity index (χ2n) is 9.96. The van der Waals surface area contributed by atoms with Gasteiger partial charge in [-0.05, 0) is 104 Å². The van der Waals surface area contributed by atoms with Crippen LogP contribution < -0.4 is 9.64 Å². The minimum Gasteiger partial charge on any atom is -0.478 e. The van der Waals surface area contributed by atoms with E-state index in [0.29, 0.717) is 5.92 Å². The second kappa shape index (κ2) is 6.51. The summed E-state index contributed by atoms with van der Waals surface area (Å²) in [6.07, 6.45) is 13.0. The number of aryl methyl sites for hydroxylation is 2. The van der Waals surface area contributed by atoms with Gasteiger partial charge >= 0.3 is 0 Å². The number of hydrogen-bond donors (Lipinski definition) is 0. The average molecular weight is 398 g/mol. The highest BCUT2D eigenvalue weighted by Gasteiger charge is 2.34. The topological polar surface area (TPSA) is 12.5 Å². The molecule has 1 aliphatic carbocycles. The largest absolute Gasteiger partial charge is 0.478 e. The maximum absolute atomic E-state index is 6.75. The van der Waals surface area contributed by atoms with Gasteiger partial charge in [0.2, 0.25) is 0 Å². The van der Waals surface area contributed by atoms with Gasteiger partial charge in [-0.2, -0.15) is 0 Å². The van der Waals surface area contributed by atoms with Crippen LogP contribution >= 0.6 is 0 Å². The third kappa shape index (κ3) is 2.69. The maximum Gasteiger partial charge on any atom is 0.150 e. The molecule has 154 valence electrons. The molecule has 1 unspecified atom stereocenters. The van der Waals surface area contributed by atoms with Crippen LogP contribution in [0.1, 0.15) is 79.3 Å². The van der Waals surface area contributed by atoms with Crippen molar-refractivity contribution in [1.82, 2.24) is 0 Å². The zero-order valence-electron chi connectivity index (χ0n) is 18.4. The molecule has 0 aromatic heterocycles. The van der Waals surface area contributed by atoms with Crippen molar-refractivity contribution in [3.05, 3.63) is 69.3 Å². The number of rotatable bonds is 1. The van der Waals surface area contributed by atoms with Crippen LogP contribution in [-0.2, 0) is 18.4 Å². The van der Waals surface area contributed by atoms with E-state index in [2.05, 4.69) is 68.2 Å². The van der Waals surface area contributed by atoms with Crippen molar-refractivity contribution in [2.45, 2.75) is 64.4 Å². The highest BCUT2D eigenvalue weighted by atomic mass is 16.5. The molecule has 4 aliphatic rings. The van der Waals surface area contributed by atoms with Gasteiger partial charge in [-0.15, -0.1) is 0 Å². The Hall–Kier alpha value is -2.48. The number of fused-ring (bicyclic) bond motifs is 3. The predicted molar refractivity (Wildman–Crippen MR) is 125 cm³/mol. The zero-order valence-corrected chi connectivity index (χ0v) is 18.4. The summed E-state index contributed by atoms with van der Waals surface area (Å²) in [6, 6.07) is 9.34. The molecule has 0 N–H and O–H groups in total. The maximum atomic E-state index is 6.75. The molecule has 0 spiro atoms. The quantitative estimate of drug-likeness (QED) is 0.536. The molecule has 0 fully saturated rings. The van der Waals surface area contributed by atoms with Crippen molar-refractivity contribution >= 4 is 17.8 Å². The Morgan fingerprint density at radius 2 is 1.77 bits per heavy atom. The molecule has 3 aliphatic heterocycles. The fraction of sp³-hybridized carbons (Fsp3) is 0.429. The monoisotopic (exact) mass is 397 g/mol. The second-order valence-corrected chi connectivity index (χ2v) is 9.96. The van der Waals surface area contributed by atoms with E-state index in [1.807, 2.05) is 0 Å². The number of allylic oxidation sites excluding steroid dienone is 1. The fourth-order valence-electron chi connectivity index (χ4n) is 6.13. The van der Waals surface area contributed by atoms with Crippen molar-refractivity contribution in [3.63, 3.8) is 0 Å². The molecule has 0 saturated heterocycles. The normalized spacial score (nSPS) is 26.3. The lowest BCUT2D eigenvalue weighted by molar-refractivity contribution is 0.138. The Labute approximate surface area is 180 Å². The van der Waals surface area contributed by atoms with Crippen molar-refractivity contribution in [1.29, 1.82) is 0 Å². The number of benzene rings is 2. The zero-order chi connectivity index (χ0) is 20.5. The van der Waals surface area contributed by atoms with Crippen LogP contribution in [0.4, 0.5) is 5.69 Å². The molecule has 0 radical (unpaired) electrons. The van der Waals surface area contributed by atoms with Crippen LogP contribution in [-0.4, -0.2) is 13.1 Å². The van der Waals surface area contributed by atoms with Gasteiger partial charge in [-0.1, -0.05) is 30.7 Å². The first kappa shape index (κ1) is 18.3. The van der Waals surface area contributed by atoms with Gasteiger partial charge in [-0.25, -0.2) is 0 Å². The highest BCUT2D eigenvalue weighted by Crippen LogP contribution is 2.45. The van der Waals surface area contributed by atoms with E-state index in [-0.39, 0.29) is 0 Å². The first-order valence-electron chi connectivity index (χ1n) is 11.7. The summed E-state index contributed by atoms with van der Waals surface area (Å²) in [4.78, 5) is 2.61. The molecule has 2 heteroatoms. The molecule has 2 aromatic carbocycles. The Kier molecular flexibility index (Phi) is 3.97. The standard InChI is InChI=1S/C28H31NO/c1-18-14-19(2)23-8-9-26-24(25(23)15-18)10-11-28(3,30-26)22-16-20-6-4-12-29-13-5-7-21(17-22)27(20)29/h8-11,15-17,19H,4-7,12-14H2,1-3H3/t19?,28-/m0/s1. The van der Waals surface area contributed by atoms with E-state index >= 15 is 0 Å². The molecular formula is C28H31NO. The third-order valence-electron chi connectivity index (χ3n) is 7.63. The van der Waals surface area contributed by atoms with Crippen LogP contribution in [0, 0.1) is 0 Å². The fourth-order valence-corrected chi connectivity index (χ4v) is 6.13. The van der Waals surface area contributed by atoms with Crippen molar-refractivity contribution in [2.75, 3.05) is 18.0 Å². The van der Waals surface area contributed by atoms with Gasteiger partial charge in [0.25, 0.3) is 0 Å². The molecule has 0 amide bonds. The SMILES string of the molecule is CC1=Cc2c(ccc3c2C=C[C@@](C)(c2cc4c5c(c2)CCCN5CCC4)O3)C(C)C1. The lowest BCUT2D eigenvalue weighted by Crippen LogP contribution is -2.36.